The molecule has 0 N–H and O–H groups in total. The summed E-state index contributed by atoms with van der Waals surface area (Å²) >= 11 is 0. The number of hydrogen-bond donors (Lipinski definition) is 0. The third-order valence-corrected chi connectivity index (χ3v) is 8.49. The lowest BCUT2D eigenvalue weighted by molar-refractivity contribution is -0.134. The molecular formula is C31H49FO3. The highest BCUT2D eigenvalue weighted by molar-refractivity contribution is 5.72. The second-order valence-electron chi connectivity index (χ2n) is 11.2. The summed E-state index contributed by atoms with van der Waals surface area (Å²) in [6, 6.07) is 4.46. The van der Waals surface area contributed by atoms with E-state index in [1.165, 1.54) is 83.1 Å². The number of ether oxygens (including phenoxy) is 2. The molecule has 2 fully saturated rings. The molecule has 2 aliphatic rings. The van der Waals surface area contributed by atoms with E-state index < -0.39 is 5.82 Å². The SMILES string of the molecule is CCCCCOc1ccc(OC(=O)CCC2CCC[C@H](C3CCC(CCCCC)CC3)C2)cc1F. The van der Waals surface area contributed by atoms with Gasteiger partial charge in [-0.25, -0.2) is 4.39 Å². The zero-order chi connectivity index (χ0) is 24.9. The van der Waals surface area contributed by atoms with Gasteiger partial charge in [0.25, 0.3) is 0 Å². The maximum absolute atomic E-state index is 14.3. The van der Waals surface area contributed by atoms with Gasteiger partial charge in [-0.15, -0.1) is 0 Å². The molecule has 0 aliphatic heterocycles. The molecule has 3 rings (SSSR count). The summed E-state index contributed by atoms with van der Waals surface area (Å²) in [5.41, 5.74) is 0. The van der Waals surface area contributed by atoms with Gasteiger partial charge in [0.05, 0.1) is 6.61 Å². The van der Waals surface area contributed by atoms with E-state index in [9.17, 15) is 9.18 Å². The third kappa shape index (κ3) is 9.77. The van der Waals surface area contributed by atoms with Crippen LogP contribution in [0.25, 0.3) is 0 Å². The maximum atomic E-state index is 14.3. The molecule has 0 heterocycles. The van der Waals surface area contributed by atoms with Crippen LogP contribution in [0.15, 0.2) is 18.2 Å². The number of unbranched alkanes of at least 4 members (excludes halogenated alkanes) is 4. The average molecular weight is 489 g/mol. The summed E-state index contributed by atoms with van der Waals surface area (Å²) in [7, 11) is 0. The van der Waals surface area contributed by atoms with E-state index in [0.29, 0.717) is 18.9 Å². The van der Waals surface area contributed by atoms with Crippen molar-refractivity contribution in [2.24, 2.45) is 23.7 Å². The summed E-state index contributed by atoms with van der Waals surface area (Å²) in [6.07, 6.45) is 20.8. The van der Waals surface area contributed by atoms with E-state index in [1.807, 2.05) is 0 Å². The van der Waals surface area contributed by atoms with Gasteiger partial charge in [-0.05, 0) is 67.9 Å². The van der Waals surface area contributed by atoms with Crippen molar-refractivity contribution >= 4 is 5.97 Å². The molecule has 1 unspecified atom stereocenters. The van der Waals surface area contributed by atoms with Crippen molar-refractivity contribution in [3.8, 4) is 11.5 Å². The molecule has 3 nitrogen and oxygen atoms in total. The highest BCUT2D eigenvalue weighted by atomic mass is 19.1. The first kappa shape index (κ1) is 28.0. The Labute approximate surface area is 213 Å². The van der Waals surface area contributed by atoms with Crippen LogP contribution in [0.5, 0.6) is 11.5 Å². The Balaban J connectivity index is 1.36. The smallest absolute Gasteiger partial charge is 0.311 e. The summed E-state index contributed by atoms with van der Waals surface area (Å²) in [6.45, 7) is 4.92. The van der Waals surface area contributed by atoms with Crippen molar-refractivity contribution in [2.75, 3.05) is 6.61 Å². The van der Waals surface area contributed by atoms with E-state index >= 15 is 0 Å². The molecular weight excluding hydrogens is 439 g/mol. The Morgan fingerprint density at radius 2 is 1.66 bits per heavy atom. The molecule has 2 aliphatic carbocycles. The molecule has 4 heteroatoms. The van der Waals surface area contributed by atoms with Crippen LogP contribution in [0, 0.1) is 29.5 Å². The van der Waals surface area contributed by atoms with Gasteiger partial charge >= 0.3 is 5.97 Å². The van der Waals surface area contributed by atoms with E-state index in [1.54, 1.807) is 12.1 Å². The number of benzene rings is 1. The van der Waals surface area contributed by atoms with E-state index in [2.05, 4.69) is 13.8 Å². The predicted molar refractivity (Wildman–Crippen MR) is 141 cm³/mol. The van der Waals surface area contributed by atoms with Crippen molar-refractivity contribution in [1.82, 2.24) is 0 Å². The Bertz CT molecular complexity index is 741. The number of halogens is 1. The average Bonchev–Trinajstić information content (AvgIpc) is 2.87. The van der Waals surface area contributed by atoms with Crippen LogP contribution >= 0.6 is 0 Å². The lowest BCUT2D eigenvalue weighted by Crippen LogP contribution is -2.27. The highest BCUT2D eigenvalue weighted by Gasteiger charge is 2.31. The van der Waals surface area contributed by atoms with Crippen molar-refractivity contribution in [3.63, 3.8) is 0 Å². The molecule has 2 saturated carbocycles. The fourth-order valence-electron chi connectivity index (χ4n) is 6.35. The summed E-state index contributed by atoms with van der Waals surface area (Å²) in [5.74, 6) is 3.11. The first-order chi connectivity index (χ1) is 17.1. The minimum atomic E-state index is -0.470. The maximum Gasteiger partial charge on any atom is 0.311 e. The number of carbonyl (C=O) groups is 1. The van der Waals surface area contributed by atoms with E-state index in [4.69, 9.17) is 9.47 Å². The van der Waals surface area contributed by atoms with Gasteiger partial charge in [0.1, 0.15) is 5.75 Å². The normalized spacial score (nSPS) is 24.8. The molecule has 0 radical (unpaired) electrons. The van der Waals surface area contributed by atoms with Crippen LogP contribution in [0.1, 0.15) is 123 Å². The molecule has 35 heavy (non-hydrogen) atoms. The Morgan fingerprint density at radius 1 is 0.886 bits per heavy atom. The molecule has 0 aromatic heterocycles. The molecule has 0 spiro atoms. The molecule has 0 amide bonds. The minimum Gasteiger partial charge on any atom is -0.491 e. The monoisotopic (exact) mass is 488 g/mol. The Morgan fingerprint density at radius 3 is 2.40 bits per heavy atom. The van der Waals surface area contributed by atoms with Crippen molar-refractivity contribution in [1.29, 1.82) is 0 Å². The zero-order valence-electron chi connectivity index (χ0n) is 22.4. The van der Waals surface area contributed by atoms with Gasteiger partial charge in [0.15, 0.2) is 11.6 Å². The van der Waals surface area contributed by atoms with Gasteiger partial charge in [0, 0.05) is 12.5 Å². The van der Waals surface area contributed by atoms with E-state index in [0.717, 1.165) is 43.4 Å². The Kier molecular flexibility index (Phi) is 12.4. The second kappa shape index (κ2) is 15.5. The first-order valence-corrected chi connectivity index (χ1v) is 14.7. The highest BCUT2D eigenvalue weighted by Crippen LogP contribution is 2.43. The topological polar surface area (TPSA) is 35.5 Å². The minimum absolute atomic E-state index is 0.226. The summed E-state index contributed by atoms with van der Waals surface area (Å²) in [5, 5.41) is 0. The fraction of sp³-hybridized carbons (Fsp3) is 0.774. The molecule has 0 bridgehead atoms. The van der Waals surface area contributed by atoms with E-state index in [-0.39, 0.29) is 17.5 Å². The van der Waals surface area contributed by atoms with Gasteiger partial charge < -0.3 is 9.47 Å². The predicted octanol–water partition coefficient (Wildman–Crippen LogP) is 9.27. The van der Waals surface area contributed by atoms with Gasteiger partial charge in [-0.3, -0.25) is 4.79 Å². The standard InChI is InChI=1S/C31H49FO3/c1-3-5-7-10-24-13-16-26(17-14-24)27-12-9-11-25(22-27)15-20-31(33)35-28-18-19-30(29(32)23-28)34-21-8-6-4-2/h18-19,23-27H,3-17,20-22H2,1-2H3/t24?,25?,26?,27-/m0/s1. The van der Waals surface area contributed by atoms with Gasteiger partial charge in [-0.2, -0.15) is 0 Å². The van der Waals surface area contributed by atoms with Crippen LogP contribution in [-0.4, -0.2) is 12.6 Å². The molecule has 198 valence electrons. The van der Waals surface area contributed by atoms with Crippen molar-refractivity contribution in [3.05, 3.63) is 24.0 Å². The Hall–Kier alpha value is -1.58. The van der Waals surface area contributed by atoms with Crippen LogP contribution in [0.3, 0.4) is 0 Å². The number of hydrogen-bond acceptors (Lipinski definition) is 3. The molecule has 0 saturated heterocycles. The summed E-state index contributed by atoms with van der Waals surface area (Å²) in [4.78, 5) is 12.4. The largest absolute Gasteiger partial charge is 0.491 e. The van der Waals surface area contributed by atoms with Gasteiger partial charge in [0.2, 0.25) is 0 Å². The molecule has 1 aromatic carbocycles. The zero-order valence-corrected chi connectivity index (χ0v) is 22.4. The summed E-state index contributed by atoms with van der Waals surface area (Å²) < 4.78 is 25.2. The number of carbonyl (C=O) groups excluding carboxylic acids is 1. The second-order valence-corrected chi connectivity index (χ2v) is 11.2. The van der Waals surface area contributed by atoms with Crippen molar-refractivity contribution in [2.45, 2.75) is 123 Å². The van der Waals surface area contributed by atoms with Crippen LogP contribution < -0.4 is 9.47 Å². The lowest BCUT2D eigenvalue weighted by atomic mass is 9.67. The lowest BCUT2D eigenvalue weighted by Gasteiger charge is -2.38. The fourth-order valence-corrected chi connectivity index (χ4v) is 6.35. The third-order valence-electron chi connectivity index (χ3n) is 8.49. The van der Waals surface area contributed by atoms with Crippen LogP contribution in [-0.2, 0) is 4.79 Å². The molecule has 2 atom stereocenters. The van der Waals surface area contributed by atoms with Crippen LogP contribution in [0.4, 0.5) is 4.39 Å². The first-order valence-electron chi connectivity index (χ1n) is 14.7. The molecule has 1 aromatic rings. The quantitative estimate of drug-likeness (QED) is 0.149. The van der Waals surface area contributed by atoms with Gasteiger partial charge in [-0.1, -0.05) is 84.5 Å². The number of esters is 1. The van der Waals surface area contributed by atoms with Crippen molar-refractivity contribution < 1.29 is 18.7 Å². The number of rotatable bonds is 14. The van der Waals surface area contributed by atoms with Crippen LogP contribution in [0.2, 0.25) is 0 Å².